The van der Waals surface area contributed by atoms with Crippen LogP contribution in [0.15, 0.2) is 121 Å². The van der Waals surface area contributed by atoms with E-state index in [4.69, 9.17) is 33.2 Å². The molecule has 3 unspecified atom stereocenters. The first kappa shape index (κ1) is 31.1. The van der Waals surface area contributed by atoms with Crippen molar-refractivity contribution in [3.05, 3.63) is 144 Å². The minimum absolute atomic E-state index is 0.171. The smallest absolute Gasteiger partial charge is 0.340 e. The van der Waals surface area contributed by atoms with Gasteiger partial charge in [-0.2, -0.15) is 0 Å². The van der Waals surface area contributed by atoms with Crippen LogP contribution in [0.2, 0.25) is 0 Å². The highest BCUT2D eigenvalue weighted by Crippen LogP contribution is 2.50. The van der Waals surface area contributed by atoms with Crippen molar-refractivity contribution < 1.29 is 38.0 Å². The normalized spacial score (nSPS) is 25.6. The summed E-state index contributed by atoms with van der Waals surface area (Å²) < 4.78 is 43.9. The summed E-state index contributed by atoms with van der Waals surface area (Å²) in [4.78, 5) is 12.9. The molecule has 0 amide bonds. The first-order valence-electron chi connectivity index (χ1n) is 15.2. The van der Waals surface area contributed by atoms with Crippen LogP contribution in [0.5, 0.6) is 0 Å². The Hall–Kier alpha value is -3.89. The van der Waals surface area contributed by atoms with Gasteiger partial charge in [0, 0.05) is 0 Å². The third kappa shape index (κ3) is 7.68. The number of ether oxygens (including phenoxy) is 7. The Bertz CT molecular complexity index is 1470. The van der Waals surface area contributed by atoms with Crippen LogP contribution in [0, 0.1) is 0 Å². The number of rotatable bonds is 14. The van der Waals surface area contributed by atoms with E-state index in [-0.39, 0.29) is 13.2 Å². The van der Waals surface area contributed by atoms with E-state index in [1.807, 2.05) is 121 Å². The molecule has 2 saturated heterocycles. The van der Waals surface area contributed by atoms with Crippen molar-refractivity contribution >= 4 is 5.97 Å². The van der Waals surface area contributed by atoms with Crippen LogP contribution in [0.1, 0.15) is 22.3 Å². The number of methoxy groups -OCH3 is 1. The van der Waals surface area contributed by atoms with Gasteiger partial charge in [-0.05, 0) is 22.3 Å². The van der Waals surface area contributed by atoms with Crippen molar-refractivity contribution in [2.24, 2.45) is 0 Å². The molecule has 0 aromatic heterocycles. The Labute approximate surface area is 263 Å². The van der Waals surface area contributed by atoms with Gasteiger partial charge in [-0.3, -0.25) is 0 Å². The molecule has 0 aliphatic carbocycles. The molecule has 234 valence electrons. The molecule has 2 aliphatic rings. The second kappa shape index (κ2) is 14.9. The van der Waals surface area contributed by atoms with Crippen molar-refractivity contribution in [2.75, 3.05) is 13.7 Å². The van der Waals surface area contributed by atoms with Crippen LogP contribution >= 0.6 is 0 Å². The third-order valence-corrected chi connectivity index (χ3v) is 7.98. The molecule has 4 aromatic rings. The number of carbonyl (C=O) groups excluding carboxylic acids is 1. The summed E-state index contributed by atoms with van der Waals surface area (Å²) in [5, 5.41) is 0. The Kier molecular flexibility index (Phi) is 10.3. The van der Waals surface area contributed by atoms with E-state index in [0.717, 1.165) is 22.3 Å². The van der Waals surface area contributed by atoms with Gasteiger partial charge in [0.25, 0.3) is 0 Å². The predicted molar refractivity (Wildman–Crippen MR) is 166 cm³/mol. The summed E-state index contributed by atoms with van der Waals surface area (Å²) in [7, 11) is 1.33. The maximum absolute atomic E-state index is 12.9. The van der Waals surface area contributed by atoms with E-state index in [1.54, 1.807) is 0 Å². The summed E-state index contributed by atoms with van der Waals surface area (Å²) in [6.07, 6.45) is -3.77. The predicted octanol–water partition coefficient (Wildman–Crippen LogP) is 5.63. The van der Waals surface area contributed by atoms with Gasteiger partial charge in [-0.25, -0.2) is 4.79 Å². The topological polar surface area (TPSA) is 85.0 Å². The SMILES string of the molecule is COC(=O)C1O[C@@]12OC(COCc1ccccc1)[C@@H](OCc1ccccc1)[C@@H](OCc1ccccc1)C2OCc1ccccc1. The van der Waals surface area contributed by atoms with Gasteiger partial charge in [-0.1, -0.05) is 121 Å². The van der Waals surface area contributed by atoms with Gasteiger partial charge in [0.1, 0.15) is 24.4 Å². The highest BCUT2D eigenvalue weighted by molar-refractivity contribution is 5.79. The molecule has 2 aliphatic heterocycles. The number of epoxide rings is 1. The van der Waals surface area contributed by atoms with Crippen molar-refractivity contribution in [3.63, 3.8) is 0 Å². The van der Waals surface area contributed by atoms with E-state index >= 15 is 0 Å². The number of carbonyl (C=O) groups is 1. The molecule has 2 fully saturated rings. The average Bonchev–Trinajstić information content (AvgIpc) is 3.81. The van der Waals surface area contributed by atoms with Crippen LogP contribution in [0.4, 0.5) is 0 Å². The molecule has 4 aromatic carbocycles. The molecule has 6 rings (SSSR count). The molecule has 8 heteroatoms. The summed E-state index contributed by atoms with van der Waals surface area (Å²) >= 11 is 0. The number of hydrogen-bond acceptors (Lipinski definition) is 8. The fourth-order valence-corrected chi connectivity index (χ4v) is 5.64. The van der Waals surface area contributed by atoms with Crippen LogP contribution in [-0.2, 0) is 64.4 Å². The zero-order chi connectivity index (χ0) is 30.9. The molecule has 0 saturated carbocycles. The van der Waals surface area contributed by atoms with Gasteiger partial charge >= 0.3 is 5.97 Å². The Morgan fingerprint density at radius 3 is 1.53 bits per heavy atom. The van der Waals surface area contributed by atoms with Crippen LogP contribution < -0.4 is 0 Å². The van der Waals surface area contributed by atoms with Gasteiger partial charge in [0.2, 0.25) is 11.9 Å². The zero-order valence-corrected chi connectivity index (χ0v) is 25.2. The van der Waals surface area contributed by atoms with Gasteiger partial charge in [0.15, 0.2) is 0 Å². The number of hydrogen-bond donors (Lipinski definition) is 0. The van der Waals surface area contributed by atoms with E-state index in [9.17, 15) is 4.79 Å². The lowest BCUT2D eigenvalue weighted by Gasteiger charge is -2.45. The molecule has 0 N–H and O–H groups in total. The Morgan fingerprint density at radius 2 is 1.04 bits per heavy atom. The quantitative estimate of drug-likeness (QED) is 0.134. The molecule has 0 radical (unpaired) electrons. The fourth-order valence-electron chi connectivity index (χ4n) is 5.64. The second-order valence-electron chi connectivity index (χ2n) is 11.1. The molecule has 45 heavy (non-hydrogen) atoms. The van der Waals surface area contributed by atoms with Gasteiger partial charge in [0.05, 0.1) is 40.1 Å². The van der Waals surface area contributed by atoms with Crippen LogP contribution in [0.3, 0.4) is 0 Å². The summed E-state index contributed by atoms with van der Waals surface area (Å²) in [5.41, 5.74) is 3.97. The molecule has 1 spiro atoms. The average molecular weight is 611 g/mol. The maximum Gasteiger partial charge on any atom is 0.340 e. The van der Waals surface area contributed by atoms with Gasteiger partial charge < -0.3 is 33.2 Å². The van der Waals surface area contributed by atoms with Crippen molar-refractivity contribution in [2.45, 2.75) is 62.7 Å². The van der Waals surface area contributed by atoms with Gasteiger partial charge in [-0.15, -0.1) is 0 Å². The van der Waals surface area contributed by atoms with Crippen LogP contribution in [0.25, 0.3) is 0 Å². The Morgan fingerprint density at radius 1 is 0.600 bits per heavy atom. The fraction of sp³-hybridized carbons (Fsp3) is 0.324. The van der Waals surface area contributed by atoms with Crippen molar-refractivity contribution in [1.29, 1.82) is 0 Å². The lowest BCUT2D eigenvalue weighted by molar-refractivity contribution is -0.304. The number of benzene rings is 4. The van der Waals surface area contributed by atoms with Crippen LogP contribution in [-0.4, -0.2) is 56.0 Å². The zero-order valence-electron chi connectivity index (χ0n) is 25.2. The molecule has 8 nitrogen and oxygen atoms in total. The van der Waals surface area contributed by atoms with Crippen molar-refractivity contribution in [3.8, 4) is 0 Å². The monoisotopic (exact) mass is 610 g/mol. The third-order valence-electron chi connectivity index (χ3n) is 7.98. The standard InChI is InChI=1S/C37H38O8/c1-39-36(38)35-37(45-35)34(43-25-30-20-12-5-13-21-30)33(42-24-29-18-10-4-11-19-29)32(41-23-28-16-8-3-9-17-28)31(44-37)26-40-22-27-14-6-2-7-15-27/h2-21,31-35H,22-26H2,1H3/t31?,32-,33-,34?,35?,37-/m1/s1. The number of esters is 1. The Balaban J connectivity index is 1.32. The molecule has 6 atom stereocenters. The first-order chi connectivity index (χ1) is 22.2. The molecule has 0 bridgehead atoms. The highest BCUT2D eigenvalue weighted by atomic mass is 16.8. The summed E-state index contributed by atoms with van der Waals surface area (Å²) in [6, 6.07) is 39.5. The summed E-state index contributed by atoms with van der Waals surface area (Å²) in [5.74, 6) is -1.98. The molecular formula is C37H38O8. The lowest BCUT2D eigenvalue weighted by atomic mass is 9.92. The van der Waals surface area contributed by atoms with E-state index in [1.165, 1.54) is 7.11 Å². The highest BCUT2D eigenvalue weighted by Gasteiger charge is 2.74. The minimum atomic E-state index is -1.43. The summed E-state index contributed by atoms with van der Waals surface area (Å²) in [6.45, 7) is 1.40. The van der Waals surface area contributed by atoms with E-state index in [2.05, 4.69) is 0 Å². The molecule has 2 heterocycles. The van der Waals surface area contributed by atoms with E-state index in [0.29, 0.717) is 19.8 Å². The first-order valence-corrected chi connectivity index (χ1v) is 15.2. The van der Waals surface area contributed by atoms with E-state index < -0.39 is 42.3 Å². The lowest BCUT2D eigenvalue weighted by Crippen LogP contribution is -2.64. The largest absolute Gasteiger partial charge is 0.467 e. The minimum Gasteiger partial charge on any atom is -0.467 e. The molecular weight excluding hydrogens is 572 g/mol. The van der Waals surface area contributed by atoms with Crippen molar-refractivity contribution in [1.82, 2.24) is 0 Å². The maximum atomic E-state index is 12.9. The second-order valence-corrected chi connectivity index (χ2v) is 11.1.